The molecule has 0 aromatic heterocycles. The zero-order valence-electron chi connectivity index (χ0n) is 9.61. The van der Waals surface area contributed by atoms with Crippen LogP contribution in [0.25, 0.3) is 0 Å². The molecule has 6 heteroatoms. The summed E-state index contributed by atoms with van der Waals surface area (Å²) in [7, 11) is 0. The Kier molecular flexibility index (Phi) is 3.44. The van der Waals surface area contributed by atoms with Crippen LogP contribution in [-0.2, 0) is 0 Å². The lowest BCUT2D eigenvalue weighted by Gasteiger charge is -2.26. The summed E-state index contributed by atoms with van der Waals surface area (Å²) in [5.74, 6) is -0.421. The van der Waals surface area contributed by atoms with Gasteiger partial charge < -0.3 is 0 Å². The summed E-state index contributed by atoms with van der Waals surface area (Å²) in [5.41, 5.74) is -1.15. The molecule has 0 radical (unpaired) electrons. The van der Waals surface area contributed by atoms with Crippen LogP contribution in [0, 0.1) is 5.82 Å². The van der Waals surface area contributed by atoms with Gasteiger partial charge in [0.15, 0.2) is 0 Å². The first kappa shape index (κ1) is 13.8. The summed E-state index contributed by atoms with van der Waals surface area (Å²) in [5, 5.41) is 2.61. The lowest BCUT2D eigenvalue weighted by atomic mass is 10.1. The van der Waals surface area contributed by atoms with Crippen LogP contribution < -0.4 is 5.32 Å². The summed E-state index contributed by atoms with van der Waals surface area (Å²) >= 11 is 3.16. The Bertz CT molecular complexity index is 454. The lowest BCUT2D eigenvalue weighted by Crippen LogP contribution is -2.45. The maximum Gasteiger partial charge on any atom is 0.406 e. The van der Waals surface area contributed by atoms with Crippen molar-refractivity contribution in [3.63, 3.8) is 0 Å². The average molecular weight is 326 g/mol. The third-order valence-corrected chi connectivity index (χ3v) is 3.90. The minimum Gasteiger partial charge on any atom is -0.297 e. The van der Waals surface area contributed by atoms with E-state index in [9.17, 15) is 17.6 Å². The second-order valence-electron chi connectivity index (χ2n) is 4.61. The van der Waals surface area contributed by atoms with Gasteiger partial charge in [-0.2, -0.15) is 13.2 Å². The first-order valence-corrected chi connectivity index (χ1v) is 6.34. The highest BCUT2D eigenvalue weighted by atomic mass is 79.9. The first-order chi connectivity index (χ1) is 8.25. The number of hydrogen-bond donors (Lipinski definition) is 1. The third-order valence-electron chi connectivity index (χ3n) is 3.21. The number of rotatable bonds is 3. The quantitative estimate of drug-likeness (QED) is 0.815. The van der Waals surface area contributed by atoms with Crippen LogP contribution in [-0.4, -0.2) is 11.7 Å². The van der Waals surface area contributed by atoms with E-state index in [1.165, 1.54) is 18.2 Å². The Morgan fingerprint density at radius 2 is 1.94 bits per heavy atom. The van der Waals surface area contributed by atoms with Crippen LogP contribution in [0.2, 0.25) is 0 Å². The SMILES string of the molecule is CC(NC1(C(F)(F)F)CC1)c1ccc(F)cc1Br. The molecular formula is C12H12BrF4N. The Balaban J connectivity index is 2.16. The Hall–Kier alpha value is -0.620. The largest absolute Gasteiger partial charge is 0.406 e. The minimum atomic E-state index is -4.24. The second kappa shape index (κ2) is 4.49. The van der Waals surface area contributed by atoms with E-state index in [4.69, 9.17) is 0 Å². The standard InChI is InChI=1S/C12H12BrF4N/c1-7(9-3-2-8(14)6-10(9)13)18-11(4-5-11)12(15,16)17/h2-3,6-7,18H,4-5H2,1H3. The number of alkyl halides is 3. The Morgan fingerprint density at radius 1 is 1.33 bits per heavy atom. The topological polar surface area (TPSA) is 12.0 Å². The van der Waals surface area contributed by atoms with Crippen molar-refractivity contribution in [2.75, 3.05) is 0 Å². The number of halogens is 5. The van der Waals surface area contributed by atoms with Crippen molar-refractivity contribution >= 4 is 15.9 Å². The van der Waals surface area contributed by atoms with Gasteiger partial charge in [-0.25, -0.2) is 4.39 Å². The van der Waals surface area contributed by atoms with Crippen molar-refractivity contribution in [1.29, 1.82) is 0 Å². The van der Waals surface area contributed by atoms with Crippen LogP contribution in [0.15, 0.2) is 22.7 Å². The van der Waals surface area contributed by atoms with Crippen molar-refractivity contribution in [2.45, 2.75) is 37.5 Å². The highest BCUT2D eigenvalue weighted by Gasteiger charge is 2.63. The van der Waals surface area contributed by atoms with Crippen LogP contribution in [0.1, 0.15) is 31.4 Å². The molecule has 1 fully saturated rings. The van der Waals surface area contributed by atoms with Gasteiger partial charge >= 0.3 is 6.18 Å². The molecule has 1 N–H and O–H groups in total. The molecule has 18 heavy (non-hydrogen) atoms. The highest BCUT2D eigenvalue weighted by Crippen LogP contribution is 2.50. The monoisotopic (exact) mass is 325 g/mol. The van der Waals surface area contributed by atoms with E-state index >= 15 is 0 Å². The molecule has 0 amide bonds. The molecule has 1 saturated carbocycles. The molecule has 100 valence electrons. The summed E-state index contributed by atoms with van der Waals surface area (Å²) in [6.45, 7) is 1.64. The molecule has 0 bridgehead atoms. The van der Waals surface area contributed by atoms with Gasteiger partial charge in [0.1, 0.15) is 11.4 Å². The number of hydrogen-bond acceptors (Lipinski definition) is 1. The predicted molar refractivity (Wildman–Crippen MR) is 63.7 cm³/mol. The van der Waals surface area contributed by atoms with Crippen LogP contribution in [0.3, 0.4) is 0 Å². The van der Waals surface area contributed by atoms with Gasteiger partial charge in [0, 0.05) is 10.5 Å². The van der Waals surface area contributed by atoms with Gasteiger partial charge in [-0.1, -0.05) is 22.0 Å². The fourth-order valence-corrected chi connectivity index (χ4v) is 2.67. The molecule has 1 aliphatic carbocycles. The zero-order valence-corrected chi connectivity index (χ0v) is 11.2. The number of nitrogens with one attached hydrogen (secondary N) is 1. The molecule has 1 aromatic carbocycles. The van der Waals surface area contributed by atoms with Crippen LogP contribution in [0.4, 0.5) is 17.6 Å². The first-order valence-electron chi connectivity index (χ1n) is 5.54. The van der Waals surface area contributed by atoms with E-state index < -0.39 is 23.6 Å². The predicted octanol–water partition coefficient (Wildman–Crippen LogP) is 4.33. The van der Waals surface area contributed by atoms with Gasteiger partial charge in [-0.3, -0.25) is 5.32 Å². The lowest BCUT2D eigenvalue weighted by molar-refractivity contribution is -0.167. The Morgan fingerprint density at radius 3 is 2.39 bits per heavy atom. The van der Waals surface area contributed by atoms with Crippen molar-refractivity contribution in [2.24, 2.45) is 0 Å². The molecule has 0 saturated heterocycles. The van der Waals surface area contributed by atoms with Gasteiger partial charge in [0.2, 0.25) is 0 Å². The van der Waals surface area contributed by atoms with Gasteiger partial charge in [-0.15, -0.1) is 0 Å². The third kappa shape index (κ3) is 2.54. The molecule has 1 aliphatic rings. The molecular weight excluding hydrogens is 314 g/mol. The number of benzene rings is 1. The normalized spacial score (nSPS) is 19.7. The van der Waals surface area contributed by atoms with Crippen molar-refractivity contribution in [1.82, 2.24) is 5.32 Å². The molecule has 1 unspecified atom stereocenters. The molecule has 0 aliphatic heterocycles. The average Bonchev–Trinajstić information content (AvgIpc) is 2.97. The van der Waals surface area contributed by atoms with Crippen molar-refractivity contribution in [3.05, 3.63) is 34.1 Å². The summed E-state index contributed by atoms with van der Waals surface area (Å²) < 4.78 is 51.8. The van der Waals surface area contributed by atoms with Crippen LogP contribution >= 0.6 is 15.9 Å². The van der Waals surface area contributed by atoms with Gasteiger partial charge in [0.05, 0.1) is 0 Å². The molecule has 1 nitrogen and oxygen atoms in total. The maximum absolute atomic E-state index is 12.9. The molecule has 1 aromatic rings. The minimum absolute atomic E-state index is 0.0969. The van der Waals surface area contributed by atoms with Crippen molar-refractivity contribution in [3.8, 4) is 0 Å². The molecule has 2 rings (SSSR count). The van der Waals surface area contributed by atoms with E-state index in [1.54, 1.807) is 6.92 Å². The van der Waals surface area contributed by atoms with Gasteiger partial charge in [0.25, 0.3) is 0 Å². The Labute approximate surface area is 111 Å². The van der Waals surface area contributed by atoms with Crippen molar-refractivity contribution < 1.29 is 17.6 Å². The van der Waals surface area contributed by atoms with E-state index in [1.807, 2.05) is 0 Å². The van der Waals surface area contributed by atoms with E-state index in [0.717, 1.165) is 0 Å². The summed E-state index contributed by atoms with van der Waals surface area (Å²) in [6.07, 6.45) is -4.05. The molecule has 1 atom stereocenters. The summed E-state index contributed by atoms with van der Waals surface area (Å²) in [4.78, 5) is 0. The summed E-state index contributed by atoms with van der Waals surface area (Å²) in [6, 6.07) is 3.49. The van der Waals surface area contributed by atoms with Crippen LogP contribution in [0.5, 0.6) is 0 Å². The highest BCUT2D eigenvalue weighted by molar-refractivity contribution is 9.10. The van der Waals surface area contributed by atoms with E-state index in [-0.39, 0.29) is 12.8 Å². The smallest absolute Gasteiger partial charge is 0.297 e. The fourth-order valence-electron chi connectivity index (χ4n) is 1.98. The second-order valence-corrected chi connectivity index (χ2v) is 5.47. The fraction of sp³-hybridized carbons (Fsp3) is 0.500. The van der Waals surface area contributed by atoms with Gasteiger partial charge in [-0.05, 0) is 37.5 Å². The zero-order chi connectivity index (χ0) is 13.6. The van der Waals surface area contributed by atoms with E-state index in [2.05, 4.69) is 21.2 Å². The van der Waals surface area contributed by atoms with E-state index in [0.29, 0.717) is 10.0 Å². The molecule has 0 heterocycles. The molecule has 0 spiro atoms. The maximum atomic E-state index is 12.9.